The van der Waals surface area contributed by atoms with Gasteiger partial charge in [-0.05, 0) is 37.2 Å². The minimum atomic E-state index is -0.569. The van der Waals surface area contributed by atoms with Crippen molar-refractivity contribution in [3.63, 3.8) is 0 Å². The van der Waals surface area contributed by atoms with E-state index in [0.29, 0.717) is 11.0 Å². The molecule has 17 heavy (non-hydrogen) atoms. The molecular weight excluding hydrogens is 256 g/mol. The summed E-state index contributed by atoms with van der Waals surface area (Å²) in [6.45, 7) is 0.732. The Morgan fingerprint density at radius 3 is 2.88 bits per heavy atom. The lowest BCUT2D eigenvalue weighted by molar-refractivity contribution is -0.0805. The molecule has 2 atom stereocenters. The number of aliphatic hydroxyl groups excluding tert-OH is 2. The van der Waals surface area contributed by atoms with Crippen molar-refractivity contribution in [2.24, 2.45) is 0 Å². The maximum absolute atomic E-state index is 9.38. The molecule has 0 aromatic carbocycles. The number of rotatable bonds is 4. The van der Waals surface area contributed by atoms with Crippen LogP contribution in [0.4, 0.5) is 0 Å². The topological polar surface area (TPSA) is 49.7 Å². The van der Waals surface area contributed by atoms with E-state index >= 15 is 0 Å². The number of thioether (sulfide) groups is 2. The van der Waals surface area contributed by atoms with Gasteiger partial charge in [-0.2, -0.15) is 23.5 Å². The molecule has 5 heteroatoms. The van der Waals surface area contributed by atoms with Crippen LogP contribution in [0.5, 0.6) is 0 Å². The molecule has 0 radical (unpaired) electrons. The van der Waals surface area contributed by atoms with E-state index in [4.69, 9.17) is 9.84 Å². The van der Waals surface area contributed by atoms with Crippen molar-refractivity contribution in [1.29, 1.82) is 0 Å². The smallest absolute Gasteiger partial charge is 0.0861 e. The van der Waals surface area contributed by atoms with Crippen molar-refractivity contribution in [1.82, 2.24) is 0 Å². The van der Waals surface area contributed by atoms with Crippen LogP contribution < -0.4 is 0 Å². The lowest BCUT2D eigenvalue weighted by Gasteiger charge is -2.43. The molecule has 3 nitrogen and oxygen atoms in total. The highest BCUT2D eigenvalue weighted by Crippen LogP contribution is 2.40. The molecule has 0 aliphatic carbocycles. The van der Waals surface area contributed by atoms with Gasteiger partial charge in [-0.15, -0.1) is 0 Å². The maximum Gasteiger partial charge on any atom is 0.0861 e. The summed E-state index contributed by atoms with van der Waals surface area (Å²) in [5.41, 5.74) is 0.130. The molecule has 0 bridgehead atoms. The first-order valence-corrected chi connectivity index (χ1v) is 8.57. The molecule has 2 unspecified atom stereocenters. The number of hydrogen-bond acceptors (Lipinski definition) is 5. The fourth-order valence-corrected chi connectivity index (χ4v) is 5.04. The summed E-state index contributed by atoms with van der Waals surface area (Å²) in [5.74, 6) is 3.08. The zero-order chi connectivity index (χ0) is 12.1. The van der Waals surface area contributed by atoms with Gasteiger partial charge in [0.2, 0.25) is 0 Å². The third kappa shape index (κ3) is 4.03. The van der Waals surface area contributed by atoms with Crippen LogP contribution in [0.2, 0.25) is 0 Å². The standard InChI is InChI=1S/C12H22O3S2/c13-8-10(14)9-17-11-1-4-15-12(7-11)2-5-16-6-3-12/h10-11,13-14H,1-9H2. The molecule has 2 saturated heterocycles. The van der Waals surface area contributed by atoms with Gasteiger partial charge in [0.05, 0.1) is 18.3 Å². The van der Waals surface area contributed by atoms with Crippen LogP contribution in [-0.2, 0) is 4.74 Å². The van der Waals surface area contributed by atoms with Gasteiger partial charge >= 0.3 is 0 Å². The fourth-order valence-electron chi connectivity index (χ4n) is 2.52. The van der Waals surface area contributed by atoms with Crippen LogP contribution >= 0.6 is 23.5 Å². The van der Waals surface area contributed by atoms with Crippen molar-refractivity contribution < 1.29 is 14.9 Å². The summed E-state index contributed by atoms with van der Waals surface area (Å²) in [6.07, 6.45) is 3.99. The number of aliphatic hydroxyl groups is 2. The normalized spacial score (nSPS) is 30.4. The first-order valence-electron chi connectivity index (χ1n) is 6.36. The second-order valence-corrected chi connectivity index (χ2v) is 7.49. The molecule has 0 aromatic heterocycles. The minimum absolute atomic E-state index is 0.127. The van der Waals surface area contributed by atoms with Crippen LogP contribution in [0.1, 0.15) is 25.7 Å². The fraction of sp³-hybridized carbons (Fsp3) is 1.00. The maximum atomic E-state index is 9.38. The second kappa shape index (κ2) is 6.66. The molecular formula is C12H22O3S2. The highest BCUT2D eigenvalue weighted by molar-refractivity contribution is 8.00. The molecule has 0 amide bonds. The van der Waals surface area contributed by atoms with Gasteiger partial charge in [-0.3, -0.25) is 0 Å². The van der Waals surface area contributed by atoms with E-state index in [2.05, 4.69) is 0 Å². The summed E-state index contributed by atoms with van der Waals surface area (Å²) < 4.78 is 6.03. The highest BCUT2D eigenvalue weighted by atomic mass is 32.2. The molecule has 2 aliphatic heterocycles. The first kappa shape index (κ1) is 14.0. The third-order valence-corrected chi connectivity index (χ3v) is 6.02. The van der Waals surface area contributed by atoms with E-state index in [1.54, 1.807) is 11.8 Å². The molecule has 2 aliphatic rings. The van der Waals surface area contributed by atoms with E-state index in [1.807, 2.05) is 11.8 Å². The van der Waals surface area contributed by atoms with Gasteiger partial charge in [0.1, 0.15) is 0 Å². The minimum Gasteiger partial charge on any atom is -0.394 e. The largest absolute Gasteiger partial charge is 0.394 e. The Balaban J connectivity index is 1.79. The molecule has 0 aromatic rings. The predicted octanol–water partition coefficient (Wildman–Crippen LogP) is 1.52. The zero-order valence-corrected chi connectivity index (χ0v) is 11.8. The molecule has 1 spiro atoms. The van der Waals surface area contributed by atoms with Crippen LogP contribution in [0.15, 0.2) is 0 Å². The predicted molar refractivity (Wildman–Crippen MR) is 73.8 cm³/mol. The Labute approximate surface area is 112 Å². The van der Waals surface area contributed by atoms with Crippen LogP contribution in [0.25, 0.3) is 0 Å². The van der Waals surface area contributed by atoms with Gasteiger partial charge in [0.25, 0.3) is 0 Å². The molecule has 2 heterocycles. The van der Waals surface area contributed by atoms with Gasteiger partial charge in [0, 0.05) is 17.6 Å². The Hall–Kier alpha value is 0.580. The summed E-state index contributed by atoms with van der Waals surface area (Å²) in [7, 11) is 0. The summed E-state index contributed by atoms with van der Waals surface area (Å²) in [5, 5.41) is 18.8. The first-order chi connectivity index (χ1) is 8.24. The van der Waals surface area contributed by atoms with Gasteiger partial charge in [0.15, 0.2) is 0 Å². The van der Waals surface area contributed by atoms with Crippen molar-refractivity contribution in [2.75, 3.05) is 30.5 Å². The van der Waals surface area contributed by atoms with Crippen LogP contribution in [0.3, 0.4) is 0 Å². The Morgan fingerprint density at radius 2 is 2.18 bits per heavy atom. The summed E-state index contributed by atoms with van der Waals surface area (Å²) in [6, 6.07) is 0. The lowest BCUT2D eigenvalue weighted by atomic mass is 9.88. The molecule has 2 N–H and O–H groups in total. The molecule has 100 valence electrons. The van der Waals surface area contributed by atoms with Crippen LogP contribution in [0, 0.1) is 0 Å². The Bertz CT molecular complexity index is 226. The van der Waals surface area contributed by atoms with Gasteiger partial charge < -0.3 is 14.9 Å². The number of ether oxygens (including phenoxy) is 1. The Kier molecular flexibility index (Phi) is 5.49. The second-order valence-electron chi connectivity index (χ2n) is 4.93. The van der Waals surface area contributed by atoms with E-state index in [-0.39, 0.29) is 12.2 Å². The third-order valence-electron chi connectivity index (χ3n) is 3.59. The van der Waals surface area contributed by atoms with E-state index in [0.717, 1.165) is 19.4 Å². The summed E-state index contributed by atoms with van der Waals surface area (Å²) >= 11 is 3.83. The monoisotopic (exact) mass is 278 g/mol. The SMILES string of the molecule is OCC(O)CSC1CCOC2(CCSCC2)C1. The zero-order valence-electron chi connectivity index (χ0n) is 10.1. The van der Waals surface area contributed by atoms with Gasteiger partial charge in [-0.25, -0.2) is 0 Å². The van der Waals surface area contributed by atoms with Crippen molar-refractivity contribution in [2.45, 2.75) is 42.6 Å². The van der Waals surface area contributed by atoms with E-state index in [9.17, 15) is 5.11 Å². The average molecular weight is 278 g/mol. The Morgan fingerprint density at radius 1 is 1.41 bits per heavy atom. The van der Waals surface area contributed by atoms with Crippen LogP contribution in [-0.4, -0.2) is 57.6 Å². The molecule has 0 saturated carbocycles. The molecule has 2 rings (SSSR count). The number of hydrogen-bond donors (Lipinski definition) is 2. The molecule has 2 fully saturated rings. The van der Waals surface area contributed by atoms with Crippen molar-refractivity contribution >= 4 is 23.5 Å². The van der Waals surface area contributed by atoms with E-state index in [1.165, 1.54) is 24.3 Å². The van der Waals surface area contributed by atoms with Crippen molar-refractivity contribution in [3.8, 4) is 0 Å². The average Bonchev–Trinajstić information content (AvgIpc) is 2.37. The quantitative estimate of drug-likeness (QED) is 0.816. The van der Waals surface area contributed by atoms with Crippen molar-refractivity contribution in [3.05, 3.63) is 0 Å². The van der Waals surface area contributed by atoms with E-state index < -0.39 is 6.10 Å². The van der Waals surface area contributed by atoms with Gasteiger partial charge in [-0.1, -0.05) is 0 Å². The summed E-state index contributed by atoms with van der Waals surface area (Å²) in [4.78, 5) is 0. The lowest BCUT2D eigenvalue weighted by Crippen LogP contribution is -2.44. The highest BCUT2D eigenvalue weighted by Gasteiger charge is 2.38.